The quantitative estimate of drug-likeness (QED) is 0.640. The molecular formula is C13H15N2O6S-. The fourth-order valence-corrected chi connectivity index (χ4v) is 3.04. The van der Waals surface area contributed by atoms with Crippen LogP contribution in [0.15, 0.2) is 32.3 Å². The molecule has 2 N–H and O–H groups in total. The third kappa shape index (κ3) is 4.18. The first kappa shape index (κ1) is 16.2. The van der Waals surface area contributed by atoms with Gasteiger partial charge in [0.25, 0.3) is 0 Å². The molecule has 1 aromatic heterocycles. The van der Waals surface area contributed by atoms with Gasteiger partial charge in [-0.3, -0.25) is 4.98 Å². The molecule has 0 aliphatic rings. The van der Waals surface area contributed by atoms with E-state index in [1.807, 2.05) is 0 Å². The minimum atomic E-state index is -3.70. The SMILES string of the molecule is O=C([O-])CCCCCNS(=O)(=O)c1ccc2[nH]c(=O)oc2c1. The van der Waals surface area contributed by atoms with Crippen molar-refractivity contribution in [2.45, 2.75) is 30.6 Å². The third-order valence-electron chi connectivity index (χ3n) is 3.05. The van der Waals surface area contributed by atoms with E-state index < -0.39 is 21.7 Å². The summed E-state index contributed by atoms with van der Waals surface area (Å²) < 4.78 is 31.4. The van der Waals surface area contributed by atoms with Gasteiger partial charge in [0, 0.05) is 18.6 Å². The molecule has 0 unspecified atom stereocenters. The number of hydrogen-bond donors (Lipinski definition) is 2. The molecule has 22 heavy (non-hydrogen) atoms. The smallest absolute Gasteiger partial charge is 0.417 e. The number of carboxylic acids is 1. The molecule has 0 bridgehead atoms. The van der Waals surface area contributed by atoms with Crippen LogP contribution in [-0.4, -0.2) is 25.9 Å². The van der Waals surface area contributed by atoms with Gasteiger partial charge in [0.05, 0.1) is 10.4 Å². The summed E-state index contributed by atoms with van der Waals surface area (Å²) in [5.41, 5.74) is 0.591. The lowest BCUT2D eigenvalue weighted by Gasteiger charge is -2.07. The molecule has 1 heterocycles. The van der Waals surface area contributed by atoms with E-state index in [-0.39, 0.29) is 23.4 Å². The average Bonchev–Trinajstić information content (AvgIpc) is 2.81. The second-order valence-electron chi connectivity index (χ2n) is 4.75. The van der Waals surface area contributed by atoms with Crippen LogP contribution < -0.4 is 15.6 Å². The Kier molecular flexibility index (Phi) is 4.99. The van der Waals surface area contributed by atoms with Gasteiger partial charge in [0.2, 0.25) is 10.0 Å². The number of aromatic nitrogens is 1. The number of benzene rings is 1. The number of fused-ring (bicyclic) bond motifs is 1. The predicted molar refractivity (Wildman–Crippen MR) is 75.5 cm³/mol. The number of aliphatic carboxylic acids is 1. The zero-order valence-electron chi connectivity index (χ0n) is 11.6. The minimum Gasteiger partial charge on any atom is -0.550 e. The Balaban J connectivity index is 1.94. The molecule has 2 aromatic rings. The van der Waals surface area contributed by atoms with Crippen LogP contribution in [-0.2, 0) is 14.8 Å². The first-order chi connectivity index (χ1) is 10.4. The first-order valence-electron chi connectivity index (χ1n) is 6.71. The number of unbranched alkanes of at least 4 members (excludes halogenated alkanes) is 2. The molecule has 0 fully saturated rings. The highest BCUT2D eigenvalue weighted by Crippen LogP contribution is 2.16. The van der Waals surface area contributed by atoms with Gasteiger partial charge in [-0.2, -0.15) is 0 Å². The summed E-state index contributed by atoms with van der Waals surface area (Å²) in [5, 5.41) is 10.2. The monoisotopic (exact) mass is 327 g/mol. The van der Waals surface area contributed by atoms with Crippen molar-refractivity contribution in [1.82, 2.24) is 9.71 Å². The second-order valence-corrected chi connectivity index (χ2v) is 6.52. The van der Waals surface area contributed by atoms with E-state index in [0.717, 1.165) is 0 Å². The van der Waals surface area contributed by atoms with Gasteiger partial charge in [-0.15, -0.1) is 0 Å². The van der Waals surface area contributed by atoms with Gasteiger partial charge < -0.3 is 14.3 Å². The fourth-order valence-electron chi connectivity index (χ4n) is 1.95. The van der Waals surface area contributed by atoms with Gasteiger partial charge in [-0.25, -0.2) is 17.9 Å². The Hall–Kier alpha value is -2.13. The minimum absolute atomic E-state index is 0.00233. The van der Waals surface area contributed by atoms with Crippen molar-refractivity contribution in [1.29, 1.82) is 0 Å². The summed E-state index contributed by atoms with van der Waals surface area (Å²) in [5.74, 6) is -1.76. The molecule has 120 valence electrons. The van der Waals surface area contributed by atoms with E-state index in [0.29, 0.717) is 24.8 Å². The van der Waals surface area contributed by atoms with Crippen molar-refractivity contribution in [2.75, 3.05) is 6.54 Å². The van der Waals surface area contributed by atoms with Crippen LogP contribution in [0.25, 0.3) is 11.1 Å². The molecule has 2 rings (SSSR count). The van der Waals surface area contributed by atoms with Gasteiger partial charge in [-0.1, -0.05) is 6.42 Å². The lowest BCUT2D eigenvalue weighted by molar-refractivity contribution is -0.305. The molecule has 0 atom stereocenters. The Labute approximate surface area is 126 Å². The van der Waals surface area contributed by atoms with Gasteiger partial charge in [0.15, 0.2) is 5.58 Å². The van der Waals surface area contributed by atoms with E-state index >= 15 is 0 Å². The number of carbonyl (C=O) groups is 1. The predicted octanol–water partition coefficient (Wildman–Crippen LogP) is -0.290. The van der Waals surface area contributed by atoms with Crippen molar-refractivity contribution >= 4 is 27.1 Å². The number of aromatic amines is 1. The molecule has 0 saturated carbocycles. The molecule has 1 aromatic carbocycles. The van der Waals surface area contributed by atoms with E-state index in [4.69, 9.17) is 4.42 Å². The average molecular weight is 327 g/mol. The number of nitrogens with one attached hydrogen (secondary N) is 2. The molecule has 0 amide bonds. The second kappa shape index (κ2) is 6.75. The number of carboxylic acid groups (broad SMARTS) is 1. The molecule has 0 aliphatic heterocycles. The fraction of sp³-hybridized carbons (Fsp3) is 0.385. The summed E-state index contributed by atoms with van der Waals surface area (Å²) >= 11 is 0. The summed E-state index contributed by atoms with van der Waals surface area (Å²) in [4.78, 5) is 23.7. The lowest BCUT2D eigenvalue weighted by Crippen LogP contribution is -2.25. The number of hydrogen-bond acceptors (Lipinski definition) is 6. The van der Waals surface area contributed by atoms with Crippen LogP contribution >= 0.6 is 0 Å². The molecule has 0 saturated heterocycles. The van der Waals surface area contributed by atoms with Gasteiger partial charge in [0.1, 0.15) is 0 Å². The maximum absolute atomic E-state index is 12.1. The third-order valence-corrected chi connectivity index (χ3v) is 4.51. The van der Waals surface area contributed by atoms with Crippen LogP contribution in [0.1, 0.15) is 25.7 Å². The van der Waals surface area contributed by atoms with E-state index in [9.17, 15) is 23.1 Å². The number of carbonyl (C=O) groups excluding carboxylic acids is 1. The molecule has 8 nitrogen and oxygen atoms in total. The largest absolute Gasteiger partial charge is 0.550 e. The van der Waals surface area contributed by atoms with Crippen LogP contribution in [0.2, 0.25) is 0 Å². The number of oxazole rings is 1. The number of sulfonamides is 1. The zero-order chi connectivity index (χ0) is 16.2. The Bertz CT molecular complexity index is 820. The van der Waals surface area contributed by atoms with Crippen LogP contribution in [0, 0.1) is 0 Å². The van der Waals surface area contributed by atoms with Crippen LogP contribution in [0.4, 0.5) is 0 Å². The Morgan fingerprint density at radius 3 is 2.77 bits per heavy atom. The standard InChI is InChI=1S/C13H16N2O6S/c16-12(17)4-2-1-3-7-14-22(19,20)9-5-6-10-11(8-9)21-13(18)15-10/h5-6,8,14H,1-4,7H2,(H,15,18)(H,16,17)/p-1. The summed E-state index contributed by atoms with van der Waals surface area (Å²) in [6.07, 6.45) is 1.52. The highest BCUT2D eigenvalue weighted by molar-refractivity contribution is 7.89. The van der Waals surface area contributed by atoms with Crippen molar-refractivity contribution in [3.8, 4) is 0 Å². The van der Waals surface area contributed by atoms with Crippen molar-refractivity contribution in [3.05, 3.63) is 28.7 Å². The normalized spacial score (nSPS) is 11.8. The Morgan fingerprint density at radius 2 is 2.05 bits per heavy atom. The maximum atomic E-state index is 12.1. The number of H-pyrrole nitrogens is 1. The Morgan fingerprint density at radius 1 is 1.27 bits per heavy atom. The van der Waals surface area contributed by atoms with Gasteiger partial charge >= 0.3 is 5.76 Å². The lowest BCUT2D eigenvalue weighted by atomic mass is 10.2. The van der Waals surface area contributed by atoms with Crippen molar-refractivity contribution in [3.63, 3.8) is 0 Å². The molecule has 0 spiro atoms. The highest BCUT2D eigenvalue weighted by atomic mass is 32.2. The summed E-state index contributed by atoms with van der Waals surface area (Å²) in [6.45, 7) is 0.199. The van der Waals surface area contributed by atoms with E-state index in [1.54, 1.807) is 0 Å². The summed E-state index contributed by atoms with van der Waals surface area (Å²) in [6, 6.07) is 4.09. The van der Waals surface area contributed by atoms with Crippen molar-refractivity contribution in [2.24, 2.45) is 0 Å². The molecule has 0 radical (unpaired) electrons. The topological polar surface area (TPSA) is 132 Å². The molecule has 9 heteroatoms. The maximum Gasteiger partial charge on any atom is 0.417 e. The zero-order valence-corrected chi connectivity index (χ0v) is 12.4. The van der Waals surface area contributed by atoms with E-state index in [1.165, 1.54) is 18.2 Å². The molecule has 0 aliphatic carbocycles. The highest BCUT2D eigenvalue weighted by Gasteiger charge is 2.15. The molecular weight excluding hydrogens is 312 g/mol. The first-order valence-corrected chi connectivity index (χ1v) is 8.19. The van der Waals surface area contributed by atoms with Gasteiger partial charge in [-0.05, 0) is 31.4 Å². The number of rotatable bonds is 8. The van der Waals surface area contributed by atoms with Crippen LogP contribution in [0.5, 0.6) is 0 Å². The summed E-state index contributed by atoms with van der Waals surface area (Å²) in [7, 11) is -3.70. The van der Waals surface area contributed by atoms with Crippen molar-refractivity contribution < 1.29 is 22.7 Å². The van der Waals surface area contributed by atoms with E-state index in [2.05, 4.69) is 9.71 Å². The van der Waals surface area contributed by atoms with Crippen LogP contribution in [0.3, 0.4) is 0 Å².